The highest BCUT2D eigenvalue weighted by atomic mass is 16.6. The monoisotopic (exact) mass is 326 g/mol. The third-order valence-electron chi connectivity index (χ3n) is 3.41. The molecule has 0 saturated carbocycles. The van der Waals surface area contributed by atoms with Gasteiger partial charge in [-0.2, -0.15) is 0 Å². The Labute approximate surface area is 142 Å². The normalized spacial score (nSPS) is 10.8. The number of nitrogens with zero attached hydrogens (tertiary/aromatic N) is 2. The molecule has 5 heteroatoms. The van der Waals surface area contributed by atoms with Crippen LogP contribution < -0.4 is 9.64 Å². The lowest BCUT2D eigenvalue weighted by Gasteiger charge is -2.26. The number of rotatable bonds is 7. The quantitative estimate of drug-likeness (QED) is 0.578. The zero-order valence-electron chi connectivity index (χ0n) is 14.2. The topological polar surface area (TPSA) is 51.1 Å². The van der Waals surface area contributed by atoms with E-state index in [0.29, 0.717) is 5.75 Å². The van der Waals surface area contributed by atoms with Crippen LogP contribution in [0.1, 0.15) is 19.4 Å². The van der Waals surface area contributed by atoms with E-state index in [-0.39, 0.29) is 18.6 Å². The van der Waals surface area contributed by atoms with Crippen molar-refractivity contribution in [2.24, 2.45) is 5.16 Å². The SMILES string of the molecule is COc1ccccc1/C=N\OCC(=O)N(c1ccccc1)C(C)C. The van der Waals surface area contributed by atoms with Crippen molar-refractivity contribution in [1.29, 1.82) is 0 Å². The molecule has 0 heterocycles. The van der Waals surface area contributed by atoms with Crippen LogP contribution in [-0.2, 0) is 9.63 Å². The molecule has 0 saturated heterocycles. The van der Waals surface area contributed by atoms with E-state index in [1.165, 1.54) is 6.21 Å². The van der Waals surface area contributed by atoms with Crippen molar-refractivity contribution in [2.75, 3.05) is 18.6 Å². The van der Waals surface area contributed by atoms with Crippen LogP contribution in [0.5, 0.6) is 5.75 Å². The third kappa shape index (κ3) is 4.59. The number of para-hydroxylation sites is 2. The first-order valence-electron chi connectivity index (χ1n) is 7.79. The lowest BCUT2D eigenvalue weighted by molar-refractivity contribution is -0.123. The standard InChI is InChI=1S/C19H22N2O3/c1-15(2)21(17-10-5-4-6-11-17)19(22)14-24-20-13-16-9-7-8-12-18(16)23-3/h4-13,15H,14H2,1-3H3/b20-13-. The van der Waals surface area contributed by atoms with Gasteiger partial charge in [-0.1, -0.05) is 35.5 Å². The number of hydrogen-bond acceptors (Lipinski definition) is 4. The Morgan fingerprint density at radius 3 is 2.46 bits per heavy atom. The number of hydrogen-bond donors (Lipinski definition) is 0. The van der Waals surface area contributed by atoms with Gasteiger partial charge in [0, 0.05) is 17.3 Å². The summed E-state index contributed by atoms with van der Waals surface area (Å²) in [6.07, 6.45) is 1.54. The van der Waals surface area contributed by atoms with Gasteiger partial charge in [0.15, 0.2) is 6.61 Å². The van der Waals surface area contributed by atoms with E-state index in [2.05, 4.69) is 5.16 Å². The fourth-order valence-corrected chi connectivity index (χ4v) is 2.35. The summed E-state index contributed by atoms with van der Waals surface area (Å²) in [4.78, 5) is 19.3. The molecule has 0 fully saturated rings. The smallest absolute Gasteiger partial charge is 0.267 e. The van der Waals surface area contributed by atoms with Gasteiger partial charge in [0.25, 0.3) is 5.91 Å². The second-order valence-corrected chi connectivity index (χ2v) is 5.44. The number of anilines is 1. The van der Waals surface area contributed by atoms with E-state index in [1.807, 2.05) is 68.4 Å². The molecule has 1 amide bonds. The molecule has 126 valence electrons. The van der Waals surface area contributed by atoms with Crippen LogP contribution in [-0.4, -0.2) is 31.9 Å². The molecule has 0 aliphatic carbocycles. The zero-order chi connectivity index (χ0) is 17.4. The lowest BCUT2D eigenvalue weighted by Crippen LogP contribution is -2.39. The fraction of sp³-hybridized carbons (Fsp3) is 0.263. The summed E-state index contributed by atoms with van der Waals surface area (Å²) >= 11 is 0. The van der Waals surface area contributed by atoms with Gasteiger partial charge in [0.05, 0.1) is 13.3 Å². The van der Waals surface area contributed by atoms with Crippen molar-refractivity contribution in [3.63, 3.8) is 0 Å². The summed E-state index contributed by atoms with van der Waals surface area (Å²) in [7, 11) is 1.59. The Hall–Kier alpha value is -2.82. The van der Waals surface area contributed by atoms with Crippen molar-refractivity contribution >= 4 is 17.8 Å². The molecule has 0 aliphatic heterocycles. The fourth-order valence-electron chi connectivity index (χ4n) is 2.35. The Kier molecular flexibility index (Phi) is 6.37. The summed E-state index contributed by atoms with van der Waals surface area (Å²) in [5.41, 5.74) is 1.63. The van der Waals surface area contributed by atoms with Gasteiger partial charge in [-0.15, -0.1) is 0 Å². The molecule has 0 radical (unpaired) electrons. The molecular weight excluding hydrogens is 304 g/mol. The Bertz CT molecular complexity index is 684. The van der Waals surface area contributed by atoms with E-state index < -0.39 is 0 Å². The molecular formula is C19H22N2O3. The van der Waals surface area contributed by atoms with Crippen LogP contribution in [0, 0.1) is 0 Å². The molecule has 0 spiro atoms. The summed E-state index contributed by atoms with van der Waals surface area (Å²) in [5, 5.41) is 3.87. The van der Waals surface area contributed by atoms with Crippen LogP contribution in [0.4, 0.5) is 5.69 Å². The first-order valence-corrected chi connectivity index (χ1v) is 7.79. The molecule has 24 heavy (non-hydrogen) atoms. The molecule has 2 aromatic rings. The molecule has 0 atom stereocenters. The van der Waals surface area contributed by atoms with Crippen LogP contribution in [0.25, 0.3) is 0 Å². The predicted molar refractivity (Wildman–Crippen MR) is 95.6 cm³/mol. The lowest BCUT2D eigenvalue weighted by atomic mass is 10.2. The van der Waals surface area contributed by atoms with Crippen LogP contribution in [0.2, 0.25) is 0 Å². The van der Waals surface area contributed by atoms with Crippen molar-refractivity contribution in [3.05, 3.63) is 60.2 Å². The summed E-state index contributed by atoms with van der Waals surface area (Å²) in [6, 6.07) is 17.0. The predicted octanol–water partition coefficient (Wildman–Crippen LogP) is 3.49. The average molecular weight is 326 g/mol. The van der Waals surface area contributed by atoms with Crippen LogP contribution >= 0.6 is 0 Å². The Balaban J connectivity index is 1.97. The highest BCUT2D eigenvalue weighted by Crippen LogP contribution is 2.17. The van der Waals surface area contributed by atoms with Gasteiger partial charge in [-0.05, 0) is 38.1 Å². The van der Waals surface area contributed by atoms with E-state index in [4.69, 9.17) is 9.57 Å². The minimum atomic E-state index is -0.145. The van der Waals surface area contributed by atoms with Gasteiger partial charge in [0.1, 0.15) is 5.75 Å². The first kappa shape index (κ1) is 17.5. The molecule has 0 N–H and O–H groups in total. The average Bonchev–Trinajstić information content (AvgIpc) is 2.60. The van der Waals surface area contributed by atoms with Crippen LogP contribution in [0.3, 0.4) is 0 Å². The number of carbonyl (C=O) groups excluding carboxylic acids is 1. The first-order chi connectivity index (χ1) is 11.6. The van der Waals surface area contributed by atoms with E-state index in [9.17, 15) is 4.79 Å². The summed E-state index contributed by atoms with van der Waals surface area (Å²) in [5.74, 6) is 0.553. The van der Waals surface area contributed by atoms with E-state index >= 15 is 0 Å². The number of methoxy groups -OCH3 is 1. The van der Waals surface area contributed by atoms with Crippen molar-refractivity contribution in [1.82, 2.24) is 0 Å². The molecule has 0 aliphatic rings. The number of benzene rings is 2. The number of carbonyl (C=O) groups is 1. The number of oxime groups is 1. The minimum absolute atomic E-state index is 0.0293. The third-order valence-corrected chi connectivity index (χ3v) is 3.41. The molecule has 0 unspecified atom stereocenters. The largest absolute Gasteiger partial charge is 0.496 e. The molecule has 0 bridgehead atoms. The van der Waals surface area contributed by atoms with E-state index in [1.54, 1.807) is 12.0 Å². The minimum Gasteiger partial charge on any atom is -0.496 e. The molecule has 5 nitrogen and oxygen atoms in total. The van der Waals surface area contributed by atoms with Gasteiger partial charge < -0.3 is 14.5 Å². The van der Waals surface area contributed by atoms with Gasteiger partial charge in [-0.3, -0.25) is 4.79 Å². The maximum Gasteiger partial charge on any atom is 0.267 e. The van der Waals surface area contributed by atoms with Gasteiger partial charge in [0.2, 0.25) is 0 Å². The summed E-state index contributed by atoms with van der Waals surface area (Å²) in [6.45, 7) is 3.80. The second kappa shape index (κ2) is 8.72. The van der Waals surface area contributed by atoms with Crippen LogP contribution in [0.15, 0.2) is 59.8 Å². The van der Waals surface area contributed by atoms with Crippen molar-refractivity contribution < 1.29 is 14.4 Å². The van der Waals surface area contributed by atoms with Gasteiger partial charge >= 0.3 is 0 Å². The van der Waals surface area contributed by atoms with Gasteiger partial charge in [-0.25, -0.2) is 0 Å². The number of amides is 1. The summed E-state index contributed by atoms with van der Waals surface area (Å²) < 4.78 is 5.23. The molecule has 2 rings (SSSR count). The highest BCUT2D eigenvalue weighted by Gasteiger charge is 2.19. The number of ether oxygens (including phenoxy) is 1. The maximum atomic E-state index is 12.4. The maximum absolute atomic E-state index is 12.4. The highest BCUT2D eigenvalue weighted by molar-refractivity contribution is 5.94. The second-order valence-electron chi connectivity index (χ2n) is 5.44. The van der Waals surface area contributed by atoms with Crippen molar-refractivity contribution in [2.45, 2.75) is 19.9 Å². The molecule has 2 aromatic carbocycles. The van der Waals surface area contributed by atoms with Crippen molar-refractivity contribution in [3.8, 4) is 5.75 Å². The molecule has 0 aromatic heterocycles. The zero-order valence-corrected chi connectivity index (χ0v) is 14.2. The Morgan fingerprint density at radius 1 is 1.12 bits per heavy atom. The Morgan fingerprint density at radius 2 is 1.79 bits per heavy atom. The van der Waals surface area contributed by atoms with E-state index in [0.717, 1.165) is 11.3 Å².